The first-order valence-electron chi connectivity index (χ1n) is 7.89. The van der Waals surface area contributed by atoms with Crippen molar-refractivity contribution < 1.29 is 0 Å². The summed E-state index contributed by atoms with van der Waals surface area (Å²) in [4.78, 5) is 9.36. The third kappa shape index (κ3) is 4.09. The molecule has 0 aromatic carbocycles. The zero-order chi connectivity index (χ0) is 15.2. The van der Waals surface area contributed by atoms with E-state index in [1.807, 2.05) is 0 Å². The van der Waals surface area contributed by atoms with Crippen molar-refractivity contribution in [3.63, 3.8) is 0 Å². The molecule has 0 aliphatic carbocycles. The van der Waals surface area contributed by atoms with E-state index in [0.717, 1.165) is 55.3 Å². The van der Waals surface area contributed by atoms with Gasteiger partial charge in [0.1, 0.15) is 17.5 Å². The highest BCUT2D eigenvalue weighted by Gasteiger charge is 2.22. The standard InChI is InChI=1S/C16H30N4/c1-7-11-13-18-14(17-10-4)12(5)15(19-13)20-16(6,8-2)9-3/h7-11H2,1-6H3,(H2,17,18,19,20). The average molecular weight is 278 g/mol. The van der Waals surface area contributed by atoms with Crippen molar-refractivity contribution in [3.8, 4) is 0 Å². The second-order valence-corrected chi connectivity index (χ2v) is 5.64. The molecule has 1 aromatic heterocycles. The van der Waals surface area contributed by atoms with Crippen molar-refractivity contribution >= 4 is 11.6 Å². The zero-order valence-corrected chi connectivity index (χ0v) is 13.9. The van der Waals surface area contributed by atoms with E-state index in [1.54, 1.807) is 0 Å². The molecule has 4 nitrogen and oxygen atoms in total. The monoisotopic (exact) mass is 278 g/mol. The van der Waals surface area contributed by atoms with Gasteiger partial charge in [-0.3, -0.25) is 0 Å². The number of aromatic nitrogens is 2. The van der Waals surface area contributed by atoms with Crippen LogP contribution in [0.15, 0.2) is 0 Å². The van der Waals surface area contributed by atoms with Gasteiger partial charge in [-0.1, -0.05) is 20.8 Å². The fourth-order valence-corrected chi connectivity index (χ4v) is 2.07. The van der Waals surface area contributed by atoms with E-state index in [-0.39, 0.29) is 5.54 Å². The van der Waals surface area contributed by atoms with Gasteiger partial charge in [-0.15, -0.1) is 0 Å². The van der Waals surface area contributed by atoms with E-state index in [0.29, 0.717) is 0 Å². The highest BCUT2D eigenvalue weighted by atomic mass is 15.1. The topological polar surface area (TPSA) is 49.8 Å². The lowest BCUT2D eigenvalue weighted by atomic mass is 9.95. The van der Waals surface area contributed by atoms with Gasteiger partial charge in [0.15, 0.2) is 0 Å². The summed E-state index contributed by atoms with van der Waals surface area (Å²) in [6.45, 7) is 13.9. The van der Waals surface area contributed by atoms with E-state index >= 15 is 0 Å². The Balaban J connectivity index is 3.15. The highest BCUT2D eigenvalue weighted by Crippen LogP contribution is 2.26. The van der Waals surface area contributed by atoms with Crippen molar-refractivity contribution in [3.05, 3.63) is 11.4 Å². The number of hydrogen-bond acceptors (Lipinski definition) is 4. The first-order valence-corrected chi connectivity index (χ1v) is 7.89. The van der Waals surface area contributed by atoms with Crippen LogP contribution >= 0.6 is 0 Å². The van der Waals surface area contributed by atoms with Gasteiger partial charge in [-0.2, -0.15) is 0 Å². The summed E-state index contributed by atoms with van der Waals surface area (Å²) >= 11 is 0. The highest BCUT2D eigenvalue weighted by molar-refractivity contribution is 5.58. The van der Waals surface area contributed by atoms with E-state index in [9.17, 15) is 0 Å². The Bertz CT molecular complexity index is 425. The van der Waals surface area contributed by atoms with Crippen LogP contribution in [0, 0.1) is 6.92 Å². The lowest BCUT2D eigenvalue weighted by molar-refractivity contribution is 0.476. The zero-order valence-electron chi connectivity index (χ0n) is 13.9. The lowest BCUT2D eigenvalue weighted by Gasteiger charge is -2.30. The average Bonchev–Trinajstić information content (AvgIpc) is 2.44. The number of rotatable bonds is 8. The summed E-state index contributed by atoms with van der Waals surface area (Å²) in [5.74, 6) is 2.86. The maximum atomic E-state index is 4.72. The molecular formula is C16H30N4. The fraction of sp³-hybridized carbons (Fsp3) is 0.750. The van der Waals surface area contributed by atoms with Crippen LogP contribution in [0.4, 0.5) is 11.6 Å². The van der Waals surface area contributed by atoms with Crippen LogP contribution in [0.25, 0.3) is 0 Å². The Labute approximate surface area is 123 Å². The number of hydrogen-bond donors (Lipinski definition) is 2. The molecule has 0 aliphatic heterocycles. The molecule has 0 saturated heterocycles. The molecule has 114 valence electrons. The van der Waals surface area contributed by atoms with Gasteiger partial charge in [-0.05, 0) is 40.0 Å². The van der Waals surface area contributed by atoms with E-state index in [4.69, 9.17) is 4.98 Å². The van der Waals surface area contributed by atoms with Crippen molar-refractivity contribution in [2.75, 3.05) is 17.2 Å². The van der Waals surface area contributed by atoms with Gasteiger partial charge < -0.3 is 10.6 Å². The molecule has 2 N–H and O–H groups in total. The van der Waals surface area contributed by atoms with Crippen LogP contribution in [-0.2, 0) is 6.42 Å². The molecule has 1 heterocycles. The number of nitrogens with zero attached hydrogens (tertiary/aromatic N) is 2. The third-order valence-electron chi connectivity index (χ3n) is 3.99. The van der Waals surface area contributed by atoms with Gasteiger partial charge in [0.2, 0.25) is 0 Å². The van der Waals surface area contributed by atoms with Crippen molar-refractivity contribution in [1.29, 1.82) is 0 Å². The molecule has 0 radical (unpaired) electrons. The normalized spacial score (nSPS) is 11.5. The van der Waals surface area contributed by atoms with Gasteiger partial charge in [0, 0.05) is 24.1 Å². The van der Waals surface area contributed by atoms with Crippen LogP contribution in [0.2, 0.25) is 0 Å². The van der Waals surface area contributed by atoms with Gasteiger partial charge in [0.25, 0.3) is 0 Å². The summed E-state index contributed by atoms with van der Waals surface area (Å²) in [6, 6.07) is 0. The molecule has 1 aromatic rings. The summed E-state index contributed by atoms with van der Waals surface area (Å²) in [5, 5.41) is 6.98. The second-order valence-electron chi connectivity index (χ2n) is 5.64. The SMILES string of the molecule is CCCc1nc(NCC)c(C)c(NC(C)(CC)CC)n1. The largest absolute Gasteiger partial charge is 0.370 e. The molecule has 0 bridgehead atoms. The van der Waals surface area contributed by atoms with Crippen LogP contribution in [0.1, 0.15) is 65.3 Å². The summed E-state index contributed by atoms with van der Waals surface area (Å²) < 4.78 is 0. The molecule has 0 aliphatic rings. The van der Waals surface area contributed by atoms with Gasteiger partial charge in [0.05, 0.1) is 0 Å². The number of aryl methyl sites for hydroxylation is 1. The summed E-state index contributed by atoms with van der Waals surface area (Å²) in [5.41, 5.74) is 1.20. The smallest absolute Gasteiger partial charge is 0.135 e. The summed E-state index contributed by atoms with van der Waals surface area (Å²) in [6.07, 6.45) is 4.13. The molecule has 0 fully saturated rings. The minimum Gasteiger partial charge on any atom is -0.370 e. The Hall–Kier alpha value is -1.32. The van der Waals surface area contributed by atoms with E-state index in [2.05, 4.69) is 57.2 Å². The van der Waals surface area contributed by atoms with Crippen LogP contribution in [0.5, 0.6) is 0 Å². The van der Waals surface area contributed by atoms with Crippen LogP contribution < -0.4 is 10.6 Å². The van der Waals surface area contributed by atoms with E-state index in [1.165, 1.54) is 0 Å². The number of nitrogens with one attached hydrogen (secondary N) is 2. The second kappa shape index (κ2) is 7.46. The molecule has 1 rings (SSSR count). The number of anilines is 2. The Morgan fingerprint density at radius 2 is 1.60 bits per heavy atom. The molecule has 0 atom stereocenters. The van der Waals surface area contributed by atoms with E-state index < -0.39 is 0 Å². The maximum Gasteiger partial charge on any atom is 0.135 e. The Morgan fingerprint density at radius 1 is 1.00 bits per heavy atom. The minimum absolute atomic E-state index is 0.0894. The third-order valence-corrected chi connectivity index (χ3v) is 3.99. The molecule has 20 heavy (non-hydrogen) atoms. The molecular weight excluding hydrogens is 248 g/mol. The van der Waals surface area contributed by atoms with Gasteiger partial charge in [-0.25, -0.2) is 9.97 Å². The van der Waals surface area contributed by atoms with Crippen molar-refractivity contribution in [2.24, 2.45) is 0 Å². The van der Waals surface area contributed by atoms with Crippen molar-refractivity contribution in [1.82, 2.24) is 9.97 Å². The molecule has 0 amide bonds. The molecule has 0 spiro atoms. The Kier molecular flexibility index (Phi) is 6.24. The molecule has 0 saturated carbocycles. The molecule has 4 heteroatoms. The van der Waals surface area contributed by atoms with Gasteiger partial charge >= 0.3 is 0 Å². The lowest BCUT2D eigenvalue weighted by Crippen LogP contribution is -2.34. The quantitative estimate of drug-likeness (QED) is 0.749. The first-order chi connectivity index (χ1) is 9.49. The predicted molar refractivity (Wildman–Crippen MR) is 87.5 cm³/mol. The predicted octanol–water partition coefficient (Wildman–Crippen LogP) is 4.16. The minimum atomic E-state index is 0.0894. The molecule has 0 unspecified atom stereocenters. The maximum absolute atomic E-state index is 4.72. The Morgan fingerprint density at radius 3 is 2.10 bits per heavy atom. The van der Waals surface area contributed by atoms with Crippen molar-refractivity contribution in [2.45, 2.75) is 72.8 Å². The first kappa shape index (κ1) is 16.7. The summed E-state index contributed by atoms with van der Waals surface area (Å²) in [7, 11) is 0. The van der Waals surface area contributed by atoms with Crippen LogP contribution in [-0.4, -0.2) is 22.1 Å². The fourth-order valence-electron chi connectivity index (χ4n) is 2.07. The van der Waals surface area contributed by atoms with Crippen LogP contribution in [0.3, 0.4) is 0 Å².